The molecule has 1 aromatic heterocycles. The first-order valence-corrected chi connectivity index (χ1v) is 12.5. The van der Waals surface area contributed by atoms with Crippen molar-refractivity contribution in [3.05, 3.63) is 54.2 Å². The molecule has 0 radical (unpaired) electrons. The fourth-order valence-electron chi connectivity index (χ4n) is 5.66. The van der Waals surface area contributed by atoms with Crippen molar-refractivity contribution in [1.82, 2.24) is 24.5 Å². The average molecular weight is 517 g/mol. The van der Waals surface area contributed by atoms with Gasteiger partial charge < -0.3 is 19.6 Å². The number of benzene rings is 2. The third-order valence-corrected chi connectivity index (χ3v) is 7.78. The zero-order valence-corrected chi connectivity index (χ0v) is 21.2. The van der Waals surface area contributed by atoms with Gasteiger partial charge >= 0.3 is 12.2 Å². The summed E-state index contributed by atoms with van der Waals surface area (Å²) in [6, 6.07) is 14.1. The van der Waals surface area contributed by atoms with E-state index in [1.54, 1.807) is 9.80 Å². The minimum atomic E-state index is -1.08. The second kappa shape index (κ2) is 8.86. The standard InChI is InChI=1S/C27H28N6O5/c1-30-22-8-7-20(11-21(22)12-28-30)18-3-5-19(6-4-18)23-29-27(15-32(16-27)25(35)36)24(34)33(23)14-17-9-10-31(13-17)26(37)38-2/h3-8,11-12,17H,9-10,13-16H2,1-2H3,(H,35,36). The normalized spacial score (nSPS) is 20.3. The summed E-state index contributed by atoms with van der Waals surface area (Å²) in [7, 11) is 3.27. The molecule has 1 atom stereocenters. The van der Waals surface area contributed by atoms with E-state index in [4.69, 9.17) is 9.73 Å². The lowest BCUT2D eigenvalue weighted by Crippen LogP contribution is -2.66. The zero-order chi connectivity index (χ0) is 26.6. The molecule has 1 spiro atoms. The second-order valence-corrected chi connectivity index (χ2v) is 10.2. The molecule has 2 saturated heterocycles. The highest BCUT2D eigenvalue weighted by molar-refractivity contribution is 6.16. The first-order chi connectivity index (χ1) is 18.3. The molecule has 3 aliphatic heterocycles. The van der Waals surface area contributed by atoms with Crippen molar-refractivity contribution in [2.45, 2.75) is 12.0 Å². The number of methoxy groups -OCH3 is 1. The minimum Gasteiger partial charge on any atom is -0.465 e. The molecule has 0 aliphatic carbocycles. The maximum absolute atomic E-state index is 13.6. The maximum Gasteiger partial charge on any atom is 0.409 e. The number of hydrogen-bond acceptors (Lipinski definition) is 6. The summed E-state index contributed by atoms with van der Waals surface area (Å²) in [5.74, 6) is 0.429. The third-order valence-electron chi connectivity index (χ3n) is 7.78. The number of carboxylic acid groups (broad SMARTS) is 1. The molecule has 2 fully saturated rings. The molecule has 1 unspecified atom stereocenters. The van der Waals surface area contributed by atoms with E-state index in [9.17, 15) is 19.5 Å². The van der Waals surface area contributed by atoms with E-state index in [2.05, 4.69) is 17.2 Å². The summed E-state index contributed by atoms with van der Waals surface area (Å²) >= 11 is 0. The number of fused-ring (bicyclic) bond motifs is 1. The van der Waals surface area contributed by atoms with Crippen LogP contribution in [-0.2, 0) is 16.6 Å². The highest BCUT2D eigenvalue weighted by Crippen LogP contribution is 2.36. The SMILES string of the molecule is COC(=O)N1CCC(CN2C(=O)C3(CN(C(=O)O)C3)N=C2c2ccc(-c3ccc4c(cnn4C)c3)cc2)C1. The molecule has 0 saturated carbocycles. The van der Waals surface area contributed by atoms with Crippen LogP contribution in [0.25, 0.3) is 22.0 Å². The van der Waals surface area contributed by atoms with Gasteiger partial charge in [0.25, 0.3) is 5.91 Å². The van der Waals surface area contributed by atoms with Gasteiger partial charge in [0.05, 0.1) is 31.9 Å². The van der Waals surface area contributed by atoms with Gasteiger partial charge in [0.1, 0.15) is 5.84 Å². The lowest BCUT2D eigenvalue weighted by Gasteiger charge is -2.42. The summed E-state index contributed by atoms with van der Waals surface area (Å²) in [6.45, 7) is 1.56. The van der Waals surface area contributed by atoms with Crippen molar-refractivity contribution in [2.24, 2.45) is 18.0 Å². The van der Waals surface area contributed by atoms with Crippen molar-refractivity contribution in [1.29, 1.82) is 0 Å². The Morgan fingerprint density at radius 3 is 2.50 bits per heavy atom. The van der Waals surface area contributed by atoms with E-state index in [-0.39, 0.29) is 31.0 Å². The highest BCUT2D eigenvalue weighted by atomic mass is 16.5. The van der Waals surface area contributed by atoms with E-state index in [1.165, 1.54) is 12.0 Å². The molecular weight excluding hydrogens is 488 g/mol. The van der Waals surface area contributed by atoms with Crippen LogP contribution in [0.5, 0.6) is 0 Å². The Hall–Kier alpha value is -4.41. The minimum absolute atomic E-state index is 0.0450. The molecule has 3 aliphatic rings. The van der Waals surface area contributed by atoms with Crippen LogP contribution in [0.4, 0.5) is 9.59 Å². The van der Waals surface area contributed by atoms with Crippen molar-refractivity contribution in [3.8, 4) is 11.1 Å². The van der Waals surface area contributed by atoms with Crippen molar-refractivity contribution in [2.75, 3.05) is 39.8 Å². The first-order valence-electron chi connectivity index (χ1n) is 12.5. The van der Waals surface area contributed by atoms with Gasteiger partial charge in [-0.15, -0.1) is 0 Å². The number of carbonyl (C=O) groups is 3. The second-order valence-electron chi connectivity index (χ2n) is 10.2. The molecule has 11 nitrogen and oxygen atoms in total. The molecule has 196 valence electrons. The summed E-state index contributed by atoms with van der Waals surface area (Å²) in [5.41, 5.74) is 2.84. The van der Waals surface area contributed by atoms with Crippen LogP contribution < -0.4 is 0 Å². The van der Waals surface area contributed by atoms with E-state index in [1.807, 2.05) is 48.3 Å². The molecule has 4 heterocycles. The first kappa shape index (κ1) is 24.0. The molecule has 6 rings (SSSR count). The Labute approximate surface area is 218 Å². The molecule has 1 N–H and O–H groups in total. The predicted octanol–water partition coefficient (Wildman–Crippen LogP) is 2.65. The number of amides is 3. The van der Waals surface area contributed by atoms with Crippen LogP contribution in [0, 0.1) is 5.92 Å². The molecule has 2 aromatic carbocycles. The number of likely N-dealkylation sites (tertiary alicyclic amines) is 2. The molecule has 3 aromatic rings. The number of nitrogens with zero attached hydrogens (tertiary/aromatic N) is 6. The smallest absolute Gasteiger partial charge is 0.409 e. The van der Waals surface area contributed by atoms with Crippen LogP contribution in [0.3, 0.4) is 0 Å². The third kappa shape index (κ3) is 3.85. The Morgan fingerprint density at radius 1 is 1.08 bits per heavy atom. The Kier molecular flexibility index (Phi) is 5.59. The topological polar surface area (TPSA) is 121 Å². The number of aliphatic imine (C=N–C) groups is 1. The molecular formula is C27H28N6O5. The quantitative estimate of drug-likeness (QED) is 0.569. The van der Waals surface area contributed by atoms with Crippen molar-refractivity contribution < 1.29 is 24.2 Å². The van der Waals surface area contributed by atoms with E-state index >= 15 is 0 Å². The summed E-state index contributed by atoms with van der Waals surface area (Å²) in [6.07, 6.45) is 1.16. The molecule has 3 amide bonds. The lowest BCUT2D eigenvalue weighted by atomic mass is 9.90. The average Bonchev–Trinajstić information content (AvgIpc) is 3.60. The molecule has 11 heteroatoms. The number of ether oxygens (including phenoxy) is 1. The van der Waals surface area contributed by atoms with Crippen LogP contribution in [0.1, 0.15) is 12.0 Å². The van der Waals surface area contributed by atoms with Gasteiger partial charge in [-0.2, -0.15) is 5.10 Å². The van der Waals surface area contributed by atoms with Crippen LogP contribution in [-0.4, -0.2) is 98.9 Å². The van der Waals surface area contributed by atoms with Crippen LogP contribution >= 0.6 is 0 Å². The zero-order valence-electron chi connectivity index (χ0n) is 21.2. The fourth-order valence-corrected chi connectivity index (χ4v) is 5.66. The summed E-state index contributed by atoms with van der Waals surface area (Å²) in [4.78, 5) is 46.3. The van der Waals surface area contributed by atoms with E-state index in [0.717, 1.165) is 34.0 Å². The number of aromatic nitrogens is 2. The van der Waals surface area contributed by atoms with Crippen molar-refractivity contribution >= 4 is 34.8 Å². The number of aryl methyl sites for hydroxylation is 1. The van der Waals surface area contributed by atoms with Gasteiger partial charge in [0.15, 0.2) is 5.54 Å². The monoisotopic (exact) mass is 516 g/mol. The largest absolute Gasteiger partial charge is 0.465 e. The van der Waals surface area contributed by atoms with Crippen molar-refractivity contribution in [3.63, 3.8) is 0 Å². The van der Waals surface area contributed by atoms with E-state index in [0.29, 0.717) is 25.5 Å². The molecule has 0 bridgehead atoms. The van der Waals surface area contributed by atoms with Gasteiger partial charge in [-0.1, -0.05) is 30.3 Å². The van der Waals surface area contributed by atoms with Gasteiger partial charge in [-0.25, -0.2) is 14.6 Å². The number of amidine groups is 1. The number of carbonyl (C=O) groups excluding carboxylic acids is 2. The lowest BCUT2D eigenvalue weighted by molar-refractivity contribution is -0.136. The number of hydrogen-bond donors (Lipinski definition) is 1. The number of rotatable bonds is 4. The Balaban J connectivity index is 1.27. The Bertz CT molecular complexity index is 1470. The fraction of sp³-hybridized carbons (Fsp3) is 0.370. The van der Waals surface area contributed by atoms with Gasteiger partial charge in [-0.05, 0) is 35.6 Å². The molecule has 38 heavy (non-hydrogen) atoms. The predicted molar refractivity (Wildman–Crippen MR) is 139 cm³/mol. The highest BCUT2D eigenvalue weighted by Gasteiger charge is 2.58. The summed E-state index contributed by atoms with van der Waals surface area (Å²) in [5, 5.41) is 14.7. The van der Waals surface area contributed by atoms with Gasteiger partial charge in [0, 0.05) is 37.6 Å². The Morgan fingerprint density at radius 2 is 1.79 bits per heavy atom. The summed E-state index contributed by atoms with van der Waals surface area (Å²) < 4.78 is 6.68. The maximum atomic E-state index is 13.6. The van der Waals surface area contributed by atoms with Gasteiger partial charge in [-0.3, -0.25) is 14.4 Å². The van der Waals surface area contributed by atoms with Crippen LogP contribution in [0.2, 0.25) is 0 Å². The van der Waals surface area contributed by atoms with Gasteiger partial charge in [0.2, 0.25) is 0 Å². The van der Waals surface area contributed by atoms with E-state index < -0.39 is 11.6 Å². The van der Waals surface area contributed by atoms with Crippen LogP contribution in [0.15, 0.2) is 53.7 Å².